The standard InChI is InChI=1S/C20H19N3O2/c1-13-18(14-6-3-4-8-16(14)22-13)19(23-11-10-21-12-23)15-7-5-9-17(25-2)20(15)24/h3-12,19,22,24H,1-2H3. The highest BCUT2D eigenvalue weighted by molar-refractivity contribution is 5.85. The molecule has 0 saturated heterocycles. The zero-order valence-electron chi connectivity index (χ0n) is 14.1. The molecular weight excluding hydrogens is 314 g/mol. The molecule has 1 atom stereocenters. The molecule has 0 spiro atoms. The summed E-state index contributed by atoms with van der Waals surface area (Å²) in [6.07, 6.45) is 5.42. The lowest BCUT2D eigenvalue weighted by Crippen LogP contribution is -2.12. The number of phenolic OH excluding ortho intramolecular Hbond substituents is 1. The Kier molecular flexibility index (Phi) is 3.69. The molecule has 2 aromatic carbocycles. The Morgan fingerprint density at radius 2 is 2.00 bits per heavy atom. The summed E-state index contributed by atoms with van der Waals surface area (Å²) >= 11 is 0. The number of methoxy groups -OCH3 is 1. The lowest BCUT2D eigenvalue weighted by atomic mass is 9.95. The van der Waals surface area contributed by atoms with Gasteiger partial charge in [-0.3, -0.25) is 0 Å². The van der Waals surface area contributed by atoms with Crippen LogP contribution in [0.5, 0.6) is 11.5 Å². The second kappa shape index (κ2) is 6.02. The molecule has 2 N–H and O–H groups in total. The van der Waals surface area contributed by atoms with Crippen molar-refractivity contribution in [3.63, 3.8) is 0 Å². The van der Waals surface area contributed by atoms with Gasteiger partial charge in [0.15, 0.2) is 11.5 Å². The Bertz CT molecular complexity index is 1020. The van der Waals surface area contributed by atoms with Gasteiger partial charge in [0.25, 0.3) is 0 Å². The summed E-state index contributed by atoms with van der Waals surface area (Å²) in [6.45, 7) is 2.05. The summed E-state index contributed by atoms with van der Waals surface area (Å²) in [5.41, 5.74) is 4.01. The molecule has 5 nitrogen and oxygen atoms in total. The van der Waals surface area contributed by atoms with Gasteiger partial charge in [-0.25, -0.2) is 4.98 Å². The molecule has 0 radical (unpaired) electrons. The molecule has 0 aliphatic rings. The van der Waals surface area contributed by atoms with E-state index in [0.717, 1.165) is 27.7 Å². The largest absolute Gasteiger partial charge is 0.504 e. The maximum absolute atomic E-state index is 10.8. The van der Waals surface area contributed by atoms with Crippen LogP contribution < -0.4 is 4.74 Å². The van der Waals surface area contributed by atoms with Crippen LogP contribution >= 0.6 is 0 Å². The number of rotatable bonds is 4. The van der Waals surface area contributed by atoms with Crippen LogP contribution in [0.15, 0.2) is 61.2 Å². The first-order valence-electron chi connectivity index (χ1n) is 8.11. The fourth-order valence-corrected chi connectivity index (χ4v) is 3.46. The van der Waals surface area contributed by atoms with E-state index >= 15 is 0 Å². The minimum Gasteiger partial charge on any atom is -0.504 e. The molecule has 4 rings (SSSR count). The van der Waals surface area contributed by atoms with E-state index in [-0.39, 0.29) is 11.8 Å². The van der Waals surface area contributed by atoms with Crippen LogP contribution in [0.3, 0.4) is 0 Å². The number of nitrogens with one attached hydrogen (secondary N) is 1. The summed E-state index contributed by atoms with van der Waals surface area (Å²) < 4.78 is 7.30. The van der Waals surface area contributed by atoms with Crippen molar-refractivity contribution in [2.75, 3.05) is 7.11 Å². The van der Waals surface area contributed by atoms with E-state index in [1.54, 1.807) is 25.7 Å². The summed E-state index contributed by atoms with van der Waals surface area (Å²) in [5, 5.41) is 11.9. The lowest BCUT2D eigenvalue weighted by Gasteiger charge is -2.22. The molecule has 0 bridgehead atoms. The van der Waals surface area contributed by atoms with Crippen LogP contribution in [-0.4, -0.2) is 26.8 Å². The number of aromatic hydroxyl groups is 1. The zero-order valence-corrected chi connectivity index (χ0v) is 14.1. The van der Waals surface area contributed by atoms with Gasteiger partial charge in [0.05, 0.1) is 19.5 Å². The third kappa shape index (κ3) is 2.45. The minimum absolute atomic E-state index is 0.147. The van der Waals surface area contributed by atoms with Gasteiger partial charge >= 0.3 is 0 Å². The van der Waals surface area contributed by atoms with Crippen molar-refractivity contribution in [1.29, 1.82) is 0 Å². The van der Waals surface area contributed by atoms with Crippen molar-refractivity contribution in [2.45, 2.75) is 13.0 Å². The van der Waals surface area contributed by atoms with Gasteiger partial charge < -0.3 is 19.4 Å². The zero-order chi connectivity index (χ0) is 17.4. The van der Waals surface area contributed by atoms with Crippen LogP contribution in [0.4, 0.5) is 0 Å². The SMILES string of the molecule is COc1cccc(C(c2c(C)[nH]c3ccccc23)n2ccnc2)c1O. The van der Waals surface area contributed by atoms with Gasteiger partial charge in [0.2, 0.25) is 0 Å². The van der Waals surface area contributed by atoms with Gasteiger partial charge in [-0.05, 0) is 19.1 Å². The number of hydrogen-bond donors (Lipinski definition) is 2. The molecule has 25 heavy (non-hydrogen) atoms. The fourth-order valence-electron chi connectivity index (χ4n) is 3.46. The first-order valence-corrected chi connectivity index (χ1v) is 8.11. The molecular formula is C20H19N3O2. The predicted molar refractivity (Wildman–Crippen MR) is 97.2 cm³/mol. The maximum atomic E-state index is 10.8. The van der Waals surface area contributed by atoms with Crippen LogP contribution in [0.25, 0.3) is 10.9 Å². The second-order valence-corrected chi connectivity index (χ2v) is 6.02. The van der Waals surface area contributed by atoms with E-state index in [1.807, 2.05) is 35.0 Å². The Labute approximate surface area is 145 Å². The Hall–Kier alpha value is -3.21. The van der Waals surface area contributed by atoms with Crippen molar-refractivity contribution in [3.8, 4) is 11.5 Å². The van der Waals surface area contributed by atoms with Gasteiger partial charge in [0.1, 0.15) is 0 Å². The number of nitrogens with zero attached hydrogens (tertiary/aromatic N) is 2. The molecule has 0 fully saturated rings. The van der Waals surface area contributed by atoms with Gasteiger partial charge in [-0.2, -0.15) is 0 Å². The number of phenols is 1. The van der Waals surface area contributed by atoms with Crippen molar-refractivity contribution in [3.05, 3.63) is 78.0 Å². The number of ether oxygens (including phenoxy) is 1. The van der Waals surface area contributed by atoms with E-state index < -0.39 is 0 Å². The monoisotopic (exact) mass is 333 g/mol. The van der Waals surface area contributed by atoms with Gasteiger partial charge in [0, 0.05) is 40.1 Å². The first kappa shape index (κ1) is 15.3. The number of H-pyrrole nitrogens is 1. The van der Waals surface area contributed by atoms with E-state index in [2.05, 4.69) is 29.0 Å². The fraction of sp³-hybridized carbons (Fsp3) is 0.150. The highest BCUT2D eigenvalue weighted by atomic mass is 16.5. The second-order valence-electron chi connectivity index (χ2n) is 6.02. The maximum Gasteiger partial charge on any atom is 0.163 e. The average molecular weight is 333 g/mol. The molecule has 0 aliphatic carbocycles. The number of para-hydroxylation sites is 2. The van der Waals surface area contributed by atoms with Crippen LogP contribution in [0.2, 0.25) is 0 Å². The van der Waals surface area contributed by atoms with E-state index in [4.69, 9.17) is 4.74 Å². The number of imidazole rings is 1. The molecule has 2 heterocycles. The molecule has 5 heteroatoms. The van der Waals surface area contributed by atoms with Crippen LogP contribution in [0, 0.1) is 6.92 Å². The number of benzene rings is 2. The van der Waals surface area contributed by atoms with Crippen molar-refractivity contribution < 1.29 is 9.84 Å². The van der Waals surface area contributed by atoms with Crippen molar-refractivity contribution in [1.82, 2.24) is 14.5 Å². The molecule has 4 aromatic rings. The normalized spacial score (nSPS) is 12.4. The van der Waals surface area contributed by atoms with Gasteiger partial charge in [-0.1, -0.05) is 30.3 Å². The third-order valence-electron chi connectivity index (χ3n) is 4.58. The summed E-state index contributed by atoms with van der Waals surface area (Å²) in [6, 6.07) is 13.5. The van der Waals surface area contributed by atoms with Crippen molar-refractivity contribution >= 4 is 10.9 Å². The van der Waals surface area contributed by atoms with E-state index in [0.29, 0.717) is 5.75 Å². The number of aromatic nitrogens is 3. The quantitative estimate of drug-likeness (QED) is 0.593. The highest BCUT2D eigenvalue weighted by Gasteiger charge is 2.25. The average Bonchev–Trinajstić information content (AvgIpc) is 3.25. The number of hydrogen-bond acceptors (Lipinski definition) is 3. The Morgan fingerprint density at radius 3 is 2.76 bits per heavy atom. The Morgan fingerprint density at radius 1 is 1.16 bits per heavy atom. The van der Waals surface area contributed by atoms with E-state index in [9.17, 15) is 5.11 Å². The van der Waals surface area contributed by atoms with Gasteiger partial charge in [-0.15, -0.1) is 0 Å². The molecule has 1 unspecified atom stereocenters. The van der Waals surface area contributed by atoms with Crippen molar-refractivity contribution in [2.24, 2.45) is 0 Å². The predicted octanol–water partition coefficient (Wildman–Crippen LogP) is 4.02. The number of aromatic amines is 1. The number of aryl methyl sites for hydroxylation is 1. The minimum atomic E-state index is -0.214. The van der Waals surface area contributed by atoms with Crippen LogP contribution in [0.1, 0.15) is 22.9 Å². The summed E-state index contributed by atoms with van der Waals surface area (Å²) in [4.78, 5) is 7.64. The molecule has 126 valence electrons. The topological polar surface area (TPSA) is 63.1 Å². The van der Waals surface area contributed by atoms with Crippen LogP contribution in [-0.2, 0) is 0 Å². The molecule has 0 saturated carbocycles. The summed E-state index contributed by atoms with van der Waals surface area (Å²) in [7, 11) is 1.56. The molecule has 2 aromatic heterocycles. The first-order chi connectivity index (χ1) is 12.2. The summed E-state index contributed by atoms with van der Waals surface area (Å²) in [5.74, 6) is 0.605. The number of fused-ring (bicyclic) bond motifs is 1. The smallest absolute Gasteiger partial charge is 0.163 e. The lowest BCUT2D eigenvalue weighted by molar-refractivity contribution is 0.368. The Balaban J connectivity index is 2.02. The van der Waals surface area contributed by atoms with E-state index in [1.165, 1.54) is 0 Å². The molecule has 0 aliphatic heterocycles. The highest BCUT2D eigenvalue weighted by Crippen LogP contribution is 2.41. The third-order valence-corrected chi connectivity index (χ3v) is 4.58. The molecule has 0 amide bonds.